The fourth-order valence-electron chi connectivity index (χ4n) is 3.83. The molecular formula is C23H28N3O4+. The Morgan fingerprint density at radius 2 is 1.87 bits per heavy atom. The number of hydrogen-bond acceptors (Lipinski definition) is 5. The number of ether oxygens (including phenoxy) is 2. The van der Waals surface area contributed by atoms with Crippen LogP contribution >= 0.6 is 0 Å². The Hall–Kier alpha value is -3.06. The van der Waals surface area contributed by atoms with E-state index >= 15 is 0 Å². The summed E-state index contributed by atoms with van der Waals surface area (Å²) in [5.74, 6) is 1.22. The number of amides is 1. The second-order valence-corrected chi connectivity index (χ2v) is 7.70. The minimum absolute atomic E-state index is 0.124. The molecule has 1 amide bonds. The van der Waals surface area contributed by atoms with Crippen LogP contribution in [0.3, 0.4) is 0 Å². The maximum absolute atomic E-state index is 12.2. The molecule has 0 atom stereocenters. The van der Waals surface area contributed by atoms with E-state index in [0.717, 1.165) is 23.4 Å². The molecule has 2 heterocycles. The SMILES string of the molecule is C/C(=N/OCC(=O)NCc1ccccc1C[NH+]1CCCC1)c1ccc2c(c1)OCO2. The molecule has 0 unspecified atom stereocenters. The van der Waals surface area contributed by atoms with Crippen LogP contribution in [0.1, 0.15) is 36.5 Å². The van der Waals surface area contributed by atoms with E-state index in [1.807, 2.05) is 31.2 Å². The van der Waals surface area contributed by atoms with Crippen LogP contribution in [0.25, 0.3) is 0 Å². The summed E-state index contributed by atoms with van der Waals surface area (Å²) in [5, 5.41) is 6.99. The van der Waals surface area contributed by atoms with E-state index < -0.39 is 0 Å². The maximum atomic E-state index is 12.2. The van der Waals surface area contributed by atoms with Crippen molar-refractivity contribution in [2.24, 2.45) is 5.16 Å². The number of rotatable bonds is 8. The van der Waals surface area contributed by atoms with Crippen LogP contribution in [-0.4, -0.2) is 38.1 Å². The summed E-state index contributed by atoms with van der Waals surface area (Å²) in [6, 6.07) is 13.9. The number of likely N-dealkylation sites (tertiary alicyclic amines) is 1. The number of benzene rings is 2. The molecule has 30 heavy (non-hydrogen) atoms. The monoisotopic (exact) mass is 410 g/mol. The fraction of sp³-hybridized carbons (Fsp3) is 0.391. The molecule has 158 valence electrons. The van der Waals surface area contributed by atoms with Crippen LogP contribution in [0.15, 0.2) is 47.6 Å². The van der Waals surface area contributed by atoms with Crippen LogP contribution in [0.4, 0.5) is 0 Å². The Morgan fingerprint density at radius 1 is 1.10 bits per heavy atom. The predicted octanol–water partition coefficient (Wildman–Crippen LogP) is 1.65. The Bertz CT molecular complexity index is 922. The summed E-state index contributed by atoms with van der Waals surface area (Å²) in [6.07, 6.45) is 2.61. The number of quaternary nitrogens is 1. The first kappa shape index (κ1) is 20.2. The molecule has 2 aliphatic heterocycles. The average molecular weight is 410 g/mol. The lowest BCUT2D eigenvalue weighted by molar-refractivity contribution is -0.901. The lowest BCUT2D eigenvalue weighted by Gasteiger charge is -2.15. The van der Waals surface area contributed by atoms with Gasteiger partial charge in [-0.3, -0.25) is 4.79 Å². The molecule has 4 rings (SSSR count). The molecule has 7 heteroatoms. The van der Waals surface area contributed by atoms with E-state index in [-0.39, 0.29) is 19.3 Å². The molecule has 7 nitrogen and oxygen atoms in total. The van der Waals surface area contributed by atoms with Crippen molar-refractivity contribution in [3.05, 3.63) is 59.2 Å². The smallest absolute Gasteiger partial charge is 0.261 e. The van der Waals surface area contributed by atoms with Crippen LogP contribution < -0.4 is 19.7 Å². The van der Waals surface area contributed by atoms with Crippen LogP contribution in [0.5, 0.6) is 11.5 Å². The molecule has 0 radical (unpaired) electrons. The highest BCUT2D eigenvalue weighted by atomic mass is 16.7. The van der Waals surface area contributed by atoms with Crippen LogP contribution in [0.2, 0.25) is 0 Å². The van der Waals surface area contributed by atoms with Crippen molar-refractivity contribution in [1.29, 1.82) is 0 Å². The number of nitrogens with zero attached hydrogens (tertiary/aromatic N) is 1. The first-order valence-corrected chi connectivity index (χ1v) is 10.4. The van der Waals surface area contributed by atoms with Gasteiger partial charge in [-0.2, -0.15) is 0 Å². The third kappa shape index (κ3) is 5.10. The third-order valence-electron chi connectivity index (χ3n) is 5.53. The lowest BCUT2D eigenvalue weighted by atomic mass is 10.1. The van der Waals surface area contributed by atoms with Gasteiger partial charge in [-0.05, 0) is 30.7 Å². The van der Waals surface area contributed by atoms with Crippen molar-refractivity contribution in [2.75, 3.05) is 26.5 Å². The molecule has 0 aliphatic carbocycles. The van der Waals surface area contributed by atoms with Gasteiger partial charge in [0.1, 0.15) is 6.54 Å². The topological polar surface area (TPSA) is 73.6 Å². The third-order valence-corrected chi connectivity index (χ3v) is 5.53. The van der Waals surface area contributed by atoms with E-state index in [1.165, 1.54) is 31.5 Å². The molecule has 1 saturated heterocycles. The molecule has 1 fully saturated rings. The number of carbonyl (C=O) groups is 1. The summed E-state index contributed by atoms with van der Waals surface area (Å²) >= 11 is 0. The van der Waals surface area contributed by atoms with E-state index in [4.69, 9.17) is 14.3 Å². The van der Waals surface area contributed by atoms with Crippen molar-refractivity contribution in [3.63, 3.8) is 0 Å². The number of nitrogens with one attached hydrogen (secondary N) is 2. The Kier molecular flexibility index (Phi) is 6.49. The lowest BCUT2D eigenvalue weighted by Crippen LogP contribution is -3.08. The highest BCUT2D eigenvalue weighted by Gasteiger charge is 2.17. The zero-order chi connectivity index (χ0) is 20.8. The summed E-state index contributed by atoms with van der Waals surface area (Å²) in [6.45, 7) is 5.91. The van der Waals surface area contributed by atoms with Gasteiger partial charge in [-0.15, -0.1) is 0 Å². The summed E-state index contributed by atoms with van der Waals surface area (Å²) < 4.78 is 10.7. The molecule has 0 spiro atoms. The Morgan fingerprint density at radius 3 is 2.70 bits per heavy atom. The van der Waals surface area contributed by atoms with Crippen molar-refractivity contribution in [2.45, 2.75) is 32.9 Å². The highest BCUT2D eigenvalue weighted by Crippen LogP contribution is 2.32. The van der Waals surface area contributed by atoms with Crippen molar-refractivity contribution in [1.82, 2.24) is 5.32 Å². The van der Waals surface area contributed by atoms with Crippen LogP contribution in [-0.2, 0) is 22.7 Å². The van der Waals surface area contributed by atoms with E-state index in [9.17, 15) is 4.79 Å². The Balaban J connectivity index is 1.26. The van der Waals surface area contributed by atoms with Gasteiger partial charge in [-0.25, -0.2) is 0 Å². The first-order chi connectivity index (χ1) is 14.7. The van der Waals surface area contributed by atoms with Crippen molar-refractivity contribution in [3.8, 4) is 11.5 Å². The molecule has 0 saturated carbocycles. The number of carbonyl (C=O) groups excluding carboxylic acids is 1. The summed E-state index contributed by atoms with van der Waals surface area (Å²) in [7, 11) is 0. The van der Waals surface area contributed by atoms with Crippen molar-refractivity contribution >= 4 is 11.6 Å². The van der Waals surface area contributed by atoms with Gasteiger partial charge in [0.25, 0.3) is 5.91 Å². The van der Waals surface area contributed by atoms with E-state index in [0.29, 0.717) is 18.0 Å². The summed E-state index contributed by atoms with van der Waals surface area (Å²) in [5.41, 5.74) is 3.98. The second-order valence-electron chi connectivity index (χ2n) is 7.70. The Labute approximate surface area is 176 Å². The van der Waals surface area contributed by atoms with Gasteiger partial charge >= 0.3 is 0 Å². The second kappa shape index (κ2) is 9.63. The van der Waals surface area contributed by atoms with Gasteiger partial charge in [0.15, 0.2) is 18.1 Å². The number of hydrogen-bond donors (Lipinski definition) is 2. The molecular weight excluding hydrogens is 382 g/mol. The summed E-state index contributed by atoms with van der Waals surface area (Å²) in [4.78, 5) is 19.1. The maximum Gasteiger partial charge on any atom is 0.261 e. The molecule has 2 aromatic rings. The highest BCUT2D eigenvalue weighted by molar-refractivity contribution is 5.99. The first-order valence-electron chi connectivity index (χ1n) is 10.4. The van der Waals surface area contributed by atoms with E-state index in [1.54, 1.807) is 4.90 Å². The average Bonchev–Trinajstić information content (AvgIpc) is 3.44. The molecule has 2 N–H and O–H groups in total. The largest absolute Gasteiger partial charge is 0.454 e. The van der Waals surface area contributed by atoms with E-state index in [2.05, 4.69) is 28.7 Å². The minimum atomic E-state index is -0.194. The quantitative estimate of drug-likeness (QED) is 0.513. The van der Waals surface area contributed by atoms with Gasteiger partial charge in [-0.1, -0.05) is 29.4 Å². The molecule has 0 bridgehead atoms. The van der Waals surface area contributed by atoms with Gasteiger partial charge < -0.3 is 24.5 Å². The van der Waals surface area contributed by atoms with Crippen molar-refractivity contribution < 1.29 is 24.0 Å². The van der Waals surface area contributed by atoms with Gasteiger partial charge in [0.05, 0.1) is 18.8 Å². The zero-order valence-electron chi connectivity index (χ0n) is 17.3. The molecule has 2 aliphatic rings. The molecule has 0 aromatic heterocycles. The number of oxime groups is 1. The number of fused-ring (bicyclic) bond motifs is 1. The molecule has 2 aromatic carbocycles. The minimum Gasteiger partial charge on any atom is -0.454 e. The standard InChI is InChI=1S/C23H27N3O4/c1-17(18-8-9-21-22(12-18)29-16-28-21)25-30-15-23(27)24-13-19-6-2-3-7-20(19)14-26-10-4-5-11-26/h2-3,6-9,12H,4-5,10-11,13-16H2,1H3,(H,24,27)/p+1/b25-17-. The van der Waals surface area contributed by atoms with Crippen LogP contribution in [0, 0.1) is 0 Å². The predicted molar refractivity (Wildman–Crippen MR) is 113 cm³/mol. The zero-order valence-corrected chi connectivity index (χ0v) is 17.3. The van der Waals surface area contributed by atoms with Gasteiger partial charge in [0.2, 0.25) is 6.79 Å². The van der Waals surface area contributed by atoms with Gasteiger partial charge in [0, 0.05) is 30.5 Å². The fourth-order valence-corrected chi connectivity index (χ4v) is 3.83. The normalized spacial score (nSPS) is 16.0.